The smallest absolute Gasteiger partial charge is 0.156 e. The molecule has 1 N–H and O–H groups in total. The molecule has 2 aromatic heterocycles. The second-order valence-corrected chi connectivity index (χ2v) is 6.42. The highest BCUT2D eigenvalue weighted by Gasteiger charge is 2.09. The van der Waals surface area contributed by atoms with Gasteiger partial charge in [0.25, 0.3) is 0 Å². The van der Waals surface area contributed by atoms with Gasteiger partial charge in [-0.15, -0.1) is 0 Å². The zero-order valence-electron chi connectivity index (χ0n) is 12.8. The van der Waals surface area contributed by atoms with Crippen LogP contribution >= 0.6 is 0 Å². The zero-order chi connectivity index (χ0) is 14.9. The van der Waals surface area contributed by atoms with Gasteiger partial charge in [0.05, 0.1) is 12.7 Å². The summed E-state index contributed by atoms with van der Waals surface area (Å²) in [7, 11) is 0. The van der Waals surface area contributed by atoms with Crippen molar-refractivity contribution in [3.05, 3.63) is 54.0 Å². The van der Waals surface area contributed by atoms with E-state index in [9.17, 15) is 0 Å². The van der Waals surface area contributed by atoms with E-state index in [1.807, 2.05) is 6.07 Å². The van der Waals surface area contributed by atoms with E-state index in [0.717, 1.165) is 12.3 Å². The molecule has 0 aliphatic heterocycles. The van der Waals surface area contributed by atoms with Crippen LogP contribution in [0.5, 0.6) is 0 Å². The minimum atomic E-state index is 0.132. The molecule has 0 saturated heterocycles. The highest BCUT2D eigenvalue weighted by atomic mass is 16.5. The van der Waals surface area contributed by atoms with Crippen LogP contribution in [0.2, 0.25) is 0 Å². The fourth-order valence-corrected chi connectivity index (χ4v) is 2.36. The van der Waals surface area contributed by atoms with Gasteiger partial charge in [-0.1, -0.05) is 11.2 Å². The predicted octanol–water partition coefficient (Wildman–Crippen LogP) is 3.57. The fraction of sp³-hybridized carbons (Fsp3) is 0.353. The van der Waals surface area contributed by atoms with E-state index in [4.69, 9.17) is 4.52 Å². The molecule has 3 rings (SSSR count). The average Bonchev–Trinajstić information content (AvgIpc) is 3.06. The Morgan fingerprint density at radius 1 is 1.19 bits per heavy atom. The molecule has 3 aromatic rings. The third-order valence-electron chi connectivity index (χ3n) is 3.48. The number of nitrogens with one attached hydrogen (secondary N) is 1. The molecule has 0 spiro atoms. The molecule has 0 aliphatic carbocycles. The van der Waals surface area contributed by atoms with Gasteiger partial charge >= 0.3 is 0 Å². The summed E-state index contributed by atoms with van der Waals surface area (Å²) in [4.78, 5) is 0. The molecule has 4 nitrogen and oxygen atoms in total. The quantitative estimate of drug-likeness (QED) is 0.796. The average molecular weight is 283 g/mol. The third kappa shape index (κ3) is 3.34. The number of hydrogen-bond donors (Lipinski definition) is 1. The second kappa shape index (κ2) is 5.37. The van der Waals surface area contributed by atoms with Gasteiger partial charge < -0.3 is 14.4 Å². The molecule has 21 heavy (non-hydrogen) atoms. The van der Waals surface area contributed by atoms with Gasteiger partial charge in [-0.05, 0) is 49.9 Å². The van der Waals surface area contributed by atoms with Crippen LogP contribution in [0.1, 0.15) is 32.1 Å². The Bertz CT molecular complexity index is 720. The first-order valence-corrected chi connectivity index (χ1v) is 7.24. The molecule has 0 fully saturated rings. The summed E-state index contributed by atoms with van der Waals surface area (Å²) in [6, 6.07) is 10.6. The summed E-state index contributed by atoms with van der Waals surface area (Å²) in [6.45, 7) is 8.13. The van der Waals surface area contributed by atoms with Crippen molar-refractivity contribution in [2.24, 2.45) is 0 Å². The van der Waals surface area contributed by atoms with Crippen molar-refractivity contribution in [3.63, 3.8) is 0 Å². The molecule has 0 bridgehead atoms. The van der Waals surface area contributed by atoms with Gasteiger partial charge in [-0.3, -0.25) is 0 Å². The molecular formula is C17H21N3O. The van der Waals surface area contributed by atoms with E-state index in [-0.39, 0.29) is 5.54 Å². The fourth-order valence-electron chi connectivity index (χ4n) is 2.36. The largest absolute Gasteiger partial charge is 0.359 e. The normalized spacial score (nSPS) is 12.1. The van der Waals surface area contributed by atoms with Crippen molar-refractivity contribution >= 4 is 10.9 Å². The highest BCUT2D eigenvalue weighted by Crippen LogP contribution is 2.19. The lowest BCUT2D eigenvalue weighted by atomic mass is 10.1. The van der Waals surface area contributed by atoms with Gasteiger partial charge in [-0.25, -0.2) is 0 Å². The van der Waals surface area contributed by atoms with Gasteiger partial charge in [0.2, 0.25) is 0 Å². The molecular weight excluding hydrogens is 262 g/mol. The third-order valence-corrected chi connectivity index (χ3v) is 3.48. The summed E-state index contributed by atoms with van der Waals surface area (Å²) >= 11 is 0. The predicted molar refractivity (Wildman–Crippen MR) is 84.1 cm³/mol. The molecule has 0 aliphatic rings. The van der Waals surface area contributed by atoms with Crippen molar-refractivity contribution in [1.82, 2.24) is 15.0 Å². The maximum absolute atomic E-state index is 5.17. The first kappa shape index (κ1) is 13.9. The zero-order valence-corrected chi connectivity index (χ0v) is 12.8. The Labute approximate surface area is 124 Å². The van der Waals surface area contributed by atoms with Crippen LogP contribution in [0.4, 0.5) is 0 Å². The van der Waals surface area contributed by atoms with E-state index in [0.29, 0.717) is 6.54 Å². The lowest BCUT2D eigenvalue weighted by Crippen LogP contribution is -2.35. The van der Waals surface area contributed by atoms with Crippen LogP contribution in [0.3, 0.4) is 0 Å². The van der Waals surface area contributed by atoms with E-state index >= 15 is 0 Å². The minimum Gasteiger partial charge on any atom is -0.359 e. The maximum Gasteiger partial charge on any atom is 0.156 e. The van der Waals surface area contributed by atoms with E-state index in [1.54, 1.807) is 6.20 Å². The molecule has 0 radical (unpaired) electrons. The minimum absolute atomic E-state index is 0.132. The summed E-state index contributed by atoms with van der Waals surface area (Å²) in [6.07, 6.45) is 3.77. The van der Waals surface area contributed by atoms with Crippen molar-refractivity contribution in [2.75, 3.05) is 0 Å². The Hall–Kier alpha value is -2.07. The Morgan fingerprint density at radius 3 is 2.76 bits per heavy atom. The Morgan fingerprint density at radius 2 is 2.05 bits per heavy atom. The summed E-state index contributed by atoms with van der Waals surface area (Å²) in [5, 5.41) is 8.52. The van der Waals surface area contributed by atoms with Gasteiger partial charge in [-0.2, -0.15) is 0 Å². The summed E-state index contributed by atoms with van der Waals surface area (Å²) in [5.74, 6) is 0.867. The molecule has 4 heteroatoms. The topological polar surface area (TPSA) is 43.0 Å². The van der Waals surface area contributed by atoms with Crippen molar-refractivity contribution in [3.8, 4) is 0 Å². The molecule has 0 saturated carbocycles. The van der Waals surface area contributed by atoms with Crippen LogP contribution in [0.25, 0.3) is 10.9 Å². The number of benzene rings is 1. The first-order chi connectivity index (χ1) is 10.0. The molecule has 0 atom stereocenters. The first-order valence-electron chi connectivity index (χ1n) is 7.24. The van der Waals surface area contributed by atoms with Crippen molar-refractivity contribution in [1.29, 1.82) is 0 Å². The number of fused-ring (bicyclic) bond motifs is 1. The van der Waals surface area contributed by atoms with Crippen LogP contribution in [-0.4, -0.2) is 15.3 Å². The SMILES string of the molecule is CC(C)(C)NCc1ccc2c(ccn2Cc2ccno2)c1. The van der Waals surface area contributed by atoms with Crippen LogP contribution in [-0.2, 0) is 13.1 Å². The lowest BCUT2D eigenvalue weighted by Gasteiger charge is -2.20. The number of hydrogen-bond acceptors (Lipinski definition) is 3. The van der Waals surface area contributed by atoms with Crippen LogP contribution in [0, 0.1) is 0 Å². The Balaban J connectivity index is 1.80. The van der Waals surface area contributed by atoms with Crippen molar-refractivity contribution < 1.29 is 4.52 Å². The number of aromatic nitrogens is 2. The van der Waals surface area contributed by atoms with Crippen LogP contribution < -0.4 is 5.32 Å². The van der Waals surface area contributed by atoms with E-state index in [1.165, 1.54) is 16.5 Å². The number of rotatable bonds is 4. The van der Waals surface area contributed by atoms with Gasteiger partial charge in [0, 0.05) is 29.9 Å². The molecule has 110 valence electrons. The lowest BCUT2D eigenvalue weighted by molar-refractivity contribution is 0.378. The maximum atomic E-state index is 5.17. The number of nitrogens with zero attached hydrogens (tertiary/aromatic N) is 2. The van der Waals surface area contributed by atoms with Gasteiger partial charge in [0.1, 0.15) is 0 Å². The molecule has 0 amide bonds. The van der Waals surface area contributed by atoms with E-state index in [2.05, 4.69) is 66.3 Å². The van der Waals surface area contributed by atoms with Crippen LogP contribution in [0.15, 0.2) is 47.2 Å². The standard InChI is InChI=1S/C17H21N3O/c1-17(2,3)18-11-13-4-5-16-14(10-13)7-9-20(16)12-15-6-8-19-21-15/h4-10,18H,11-12H2,1-3H3. The Kier molecular flexibility index (Phi) is 3.55. The highest BCUT2D eigenvalue weighted by molar-refractivity contribution is 5.81. The summed E-state index contributed by atoms with van der Waals surface area (Å²) in [5.41, 5.74) is 2.65. The van der Waals surface area contributed by atoms with Gasteiger partial charge in [0.15, 0.2) is 5.76 Å². The van der Waals surface area contributed by atoms with Crippen molar-refractivity contribution in [2.45, 2.75) is 39.4 Å². The summed E-state index contributed by atoms with van der Waals surface area (Å²) < 4.78 is 7.35. The van der Waals surface area contributed by atoms with E-state index < -0.39 is 0 Å². The monoisotopic (exact) mass is 283 g/mol. The molecule has 1 aromatic carbocycles. The molecule has 2 heterocycles. The second-order valence-electron chi connectivity index (χ2n) is 6.42. The molecule has 0 unspecified atom stereocenters.